The maximum atomic E-state index is 13.3. The van der Waals surface area contributed by atoms with Crippen LogP contribution in [0.4, 0.5) is 11.5 Å². The number of aryl methyl sites for hydroxylation is 1. The maximum absolute atomic E-state index is 13.3. The lowest BCUT2D eigenvalue weighted by Crippen LogP contribution is -2.54. The van der Waals surface area contributed by atoms with Crippen LogP contribution >= 0.6 is 0 Å². The summed E-state index contributed by atoms with van der Waals surface area (Å²) in [4.78, 5) is 68.6. The van der Waals surface area contributed by atoms with Gasteiger partial charge in [-0.15, -0.1) is 5.10 Å². The molecule has 3 aromatic heterocycles. The summed E-state index contributed by atoms with van der Waals surface area (Å²) in [6.45, 7) is 6.80. The summed E-state index contributed by atoms with van der Waals surface area (Å²) in [7, 11) is 0. The second-order valence-corrected chi connectivity index (χ2v) is 15.1. The minimum atomic E-state index is -1.02. The van der Waals surface area contributed by atoms with Crippen LogP contribution in [-0.4, -0.2) is 115 Å². The molecule has 5 N–H and O–H groups in total. The molecule has 58 heavy (non-hydrogen) atoms. The number of nitrogens with zero attached hydrogens (tertiary/aromatic N) is 7. The molecule has 1 aliphatic carbocycles. The van der Waals surface area contributed by atoms with Crippen molar-refractivity contribution in [3.05, 3.63) is 65.2 Å². The predicted molar refractivity (Wildman–Crippen MR) is 213 cm³/mol. The topological polar surface area (TPSA) is 219 Å². The Kier molecular flexibility index (Phi) is 13.0. The molecule has 1 aromatic carbocycles. The summed E-state index contributed by atoms with van der Waals surface area (Å²) in [5.74, 6) is -0.820. The number of hydrogen-bond acceptors (Lipinski definition) is 13. The highest BCUT2D eigenvalue weighted by Crippen LogP contribution is 2.32. The number of fused-ring (bicyclic) bond motifs is 2. The number of hydrogen-bond donors (Lipinski definition) is 5. The number of carbonyl (C=O) groups excluding carboxylic acids is 5. The van der Waals surface area contributed by atoms with E-state index in [1.165, 1.54) is 0 Å². The Morgan fingerprint density at radius 3 is 2.69 bits per heavy atom. The van der Waals surface area contributed by atoms with Crippen LogP contribution in [0.5, 0.6) is 0 Å². The molecule has 2 aliphatic heterocycles. The Balaban J connectivity index is 0.754. The SMILES string of the molecule is CCC(CC)c1cc(N[C@H]2CC[C@H](NCC(=O)NCCCc3cn(CCOCCNc4cccc5c4C(=O)N(C4CCC(=O)NC4=O)C5=O)nn3)C2)n2nccc2n1. The second kappa shape index (κ2) is 18.7. The lowest BCUT2D eigenvalue weighted by Gasteiger charge is -2.27. The van der Waals surface area contributed by atoms with Crippen LogP contribution in [0.3, 0.4) is 0 Å². The molecule has 2 fully saturated rings. The van der Waals surface area contributed by atoms with E-state index in [9.17, 15) is 24.0 Å². The number of imide groups is 2. The third-order valence-corrected chi connectivity index (χ3v) is 11.1. The molecule has 1 saturated heterocycles. The van der Waals surface area contributed by atoms with Crippen LogP contribution in [0.15, 0.2) is 42.7 Å². The molecule has 7 rings (SSSR count). The van der Waals surface area contributed by atoms with Crippen molar-refractivity contribution in [2.75, 3.05) is 43.5 Å². The Morgan fingerprint density at radius 2 is 1.86 bits per heavy atom. The van der Waals surface area contributed by atoms with Gasteiger partial charge in [0.1, 0.15) is 11.9 Å². The Hall–Kier alpha value is -5.75. The van der Waals surface area contributed by atoms with Crippen LogP contribution in [-0.2, 0) is 32.1 Å². The molecule has 1 unspecified atom stereocenters. The first-order chi connectivity index (χ1) is 28.2. The van der Waals surface area contributed by atoms with E-state index in [-0.39, 0.29) is 48.5 Å². The number of aromatic nitrogens is 6. The zero-order valence-electron chi connectivity index (χ0n) is 33.0. The zero-order valence-corrected chi connectivity index (χ0v) is 33.0. The number of benzene rings is 1. The summed E-state index contributed by atoms with van der Waals surface area (Å²) in [6, 6.07) is 8.54. The molecule has 3 aliphatic rings. The molecular weight excluding hydrogens is 745 g/mol. The Labute approximate surface area is 336 Å². The number of anilines is 2. The number of nitrogens with one attached hydrogen (secondary N) is 5. The van der Waals surface area contributed by atoms with Gasteiger partial charge in [-0.1, -0.05) is 25.1 Å². The van der Waals surface area contributed by atoms with E-state index in [4.69, 9.17) is 9.72 Å². The number of rotatable bonds is 20. The molecule has 4 aromatic rings. The molecule has 0 spiro atoms. The third kappa shape index (κ3) is 9.34. The van der Waals surface area contributed by atoms with Crippen LogP contribution in [0, 0.1) is 0 Å². The fraction of sp³-hybridized carbons (Fsp3) is 0.525. The van der Waals surface area contributed by atoms with E-state index in [1.807, 2.05) is 16.8 Å². The fourth-order valence-corrected chi connectivity index (χ4v) is 8.00. The van der Waals surface area contributed by atoms with Gasteiger partial charge in [0.25, 0.3) is 11.8 Å². The average molecular weight is 797 g/mol. The highest BCUT2D eigenvalue weighted by Gasteiger charge is 2.45. The van der Waals surface area contributed by atoms with Crippen molar-refractivity contribution in [2.45, 2.75) is 102 Å². The van der Waals surface area contributed by atoms with Gasteiger partial charge >= 0.3 is 0 Å². The van der Waals surface area contributed by atoms with Gasteiger partial charge < -0.3 is 26.0 Å². The average Bonchev–Trinajstić information content (AvgIpc) is 4.03. The largest absolute Gasteiger partial charge is 0.382 e. The number of amides is 5. The van der Waals surface area contributed by atoms with Gasteiger partial charge in [0, 0.05) is 67.2 Å². The van der Waals surface area contributed by atoms with E-state index in [2.05, 4.69) is 61.9 Å². The van der Waals surface area contributed by atoms with Gasteiger partial charge in [-0.25, -0.2) is 9.67 Å². The second-order valence-electron chi connectivity index (χ2n) is 15.1. The van der Waals surface area contributed by atoms with E-state index in [1.54, 1.807) is 29.1 Å². The van der Waals surface area contributed by atoms with E-state index < -0.39 is 29.7 Å². The minimum Gasteiger partial charge on any atom is -0.382 e. The molecule has 5 heterocycles. The van der Waals surface area contributed by atoms with Gasteiger partial charge in [0.2, 0.25) is 17.7 Å². The number of carbonyl (C=O) groups is 5. The predicted octanol–water partition coefficient (Wildman–Crippen LogP) is 2.43. The van der Waals surface area contributed by atoms with Crippen molar-refractivity contribution in [2.24, 2.45) is 0 Å². The lowest BCUT2D eigenvalue weighted by atomic mass is 9.99. The van der Waals surface area contributed by atoms with Gasteiger partial charge in [-0.2, -0.15) is 9.61 Å². The Bertz CT molecular complexity index is 2130. The van der Waals surface area contributed by atoms with Crippen molar-refractivity contribution in [1.29, 1.82) is 0 Å². The van der Waals surface area contributed by atoms with Crippen molar-refractivity contribution < 1.29 is 28.7 Å². The first-order valence-corrected chi connectivity index (χ1v) is 20.4. The molecule has 0 bridgehead atoms. The van der Waals surface area contributed by atoms with Crippen molar-refractivity contribution in [1.82, 2.24) is 50.4 Å². The maximum Gasteiger partial charge on any atom is 0.264 e. The van der Waals surface area contributed by atoms with Gasteiger partial charge in [-0.05, 0) is 63.5 Å². The lowest BCUT2D eigenvalue weighted by molar-refractivity contribution is -0.136. The van der Waals surface area contributed by atoms with Gasteiger partial charge in [0.05, 0.1) is 49.3 Å². The van der Waals surface area contributed by atoms with E-state index in [0.29, 0.717) is 50.9 Å². The zero-order chi connectivity index (χ0) is 40.6. The van der Waals surface area contributed by atoms with E-state index >= 15 is 0 Å². The Morgan fingerprint density at radius 1 is 1.02 bits per heavy atom. The summed E-state index contributed by atoms with van der Waals surface area (Å²) in [5, 5.41) is 28.4. The highest BCUT2D eigenvalue weighted by molar-refractivity contribution is 6.25. The molecular formula is C40H52N12O6. The first kappa shape index (κ1) is 40.4. The van der Waals surface area contributed by atoms with Crippen LogP contribution in [0.2, 0.25) is 0 Å². The van der Waals surface area contributed by atoms with Crippen LogP contribution < -0.4 is 26.6 Å². The quantitative estimate of drug-likeness (QED) is 0.0642. The molecule has 18 nitrogen and oxygen atoms in total. The van der Waals surface area contributed by atoms with Crippen molar-refractivity contribution in [3.63, 3.8) is 0 Å². The molecule has 18 heteroatoms. The normalized spacial score (nSPS) is 19.3. The highest BCUT2D eigenvalue weighted by atomic mass is 16.5. The fourth-order valence-electron chi connectivity index (χ4n) is 8.00. The summed E-state index contributed by atoms with van der Waals surface area (Å²) in [6.07, 6.45) is 10.2. The van der Waals surface area contributed by atoms with Crippen molar-refractivity contribution >= 4 is 46.7 Å². The van der Waals surface area contributed by atoms with Crippen LogP contribution in [0.25, 0.3) is 5.65 Å². The summed E-state index contributed by atoms with van der Waals surface area (Å²) < 4.78 is 9.35. The molecule has 3 atom stereocenters. The van der Waals surface area contributed by atoms with Crippen molar-refractivity contribution in [3.8, 4) is 0 Å². The minimum absolute atomic E-state index is 0.0279. The standard InChI is InChI=1S/C40H52N12O6/c1-3-25(4-2)31-22-34(52-33(46-31)14-16-44-52)45-27-11-10-26(21-27)43-23-36(54)42-15-6-7-28-24-50(49-48-28)18-20-58-19-17-41-30-9-5-8-29-37(30)40(57)51(39(29)56)32-12-13-35(53)47-38(32)55/h5,8-9,14,16,22,24-27,32,41,43,45H,3-4,6-7,10-13,15,17-21,23H2,1-2H3,(H,42,54)(H,47,53,55)/t26-,27-,32?/m0/s1. The monoisotopic (exact) mass is 796 g/mol. The first-order valence-electron chi connectivity index (χ1n) is 20.4. The van der Waals surface area contributed by atoms with Gasteiger partial charge in [-0.3, -0.25) is 34.2 Å². The number of piperidine rings is 1. The number of ether oxygens (including phenoxy) is 1. The molecule has 0 radical (unpaired) electrons. The summed E-state index contributed by atoms with van der Waals surface area (Å²) in [5.41, 5.74) is 3.68. The molecule has 1 saturated carbocycles. The van der Waals surface area contributed by atoms with E-state index in [0.717, 1.165) is 66.3 Å². The molecule has 308 valence electrons. The van der Waals surface area contributed by atoms with Crippen LogP contribution in [0.1, 0.15) is 103 Å². The smallest absolute Gasteiger partial charge is 0.264 e. The third-order valence-electron chi connectivity index (χ3n) is 11.1. The molecule has 5 amide bonds. The summed E-state index contributed by atoms with van der Waals surface area (Å²) >= 11 is 0. The van der Waals surface area contributed by atoms with Gasteiger partial charge in [0.15, 0.2) is 5.65 Å².